The number of alkyl halides is 3. The van der Waals surface area contributed by atoms with E-state index in [0.29, 0.717) is 11.3 Å². The van der Waals surface area contributed by atoms with Gasteiger partial charge in [-0.05, 0) is 61.7 Å². The molecule has 0 aromatic heterocycles. The molecule has 4 aromatic rings. The second-order valence-corrected chi connectivity index (χ2v) is 12.9. The molecule has 0 amide bonds. The molecule has 0 saturated heterocycles. The molecule has 4 aromatic carbocycles. The predicted octanol–water partition coefficient (Wildman–Crippen LogP) is 5.11. The van der Waals surface area contributed by atoms with Gasteiger partial charge in [0, 0.05) is 0 Å². The van der Waals surface area contributed by atoms with Gasteiger partial charge in [-0.15, -0.1) is 39.7 Å². The van der Waals surface area contributed by atoms with Crippen LogP contribution in [-0.2, 0) is 30.4 Å². The Balaban J connectivity index is 0.000000183. The van der Waals surface area contributed by atoms with Gasteiger partial charge in [-0.2, -0.15) is 55.2 Å². The third-order valence-corrected chi connectivity index (χ3v) is 9.68. The Labute approximate surface area is 294 Å². The summed E-state index contributed by atoms with van der Waals surface area (Å²) in [6.45, 7) is 4.55. The minimum Gasteiger partial charge on any atom is -1.00 e. The number of allylic oxidation sites excluding steroid dienone is 4. The van der Waals surface area contributed by atoms with E-state index in [-0.39, 0.29) is 24.8 Å². The topological polar surface area (TPSA) is 0 Å². The van der Waals surface area contributed by atoms with Crippen LogP contribution in [0, 0.1) is 41.2 Å². The van der Waals surface area contributed by atoms with Gasteiger partial charge in [0.05, 0.1) is 0 Å². The zero-order valence-electron chi connectivity index (χ0n) is 25.9. The van der Waals surface area contributed by atoms with Crippen LogP contribution in [0.15, 0.2) is 96.1 Å². The molecule has 5 aliphatic rings. The van der Waals surface area contributed by atoms with Crippen molar-refractivity contribution in [3.05, 3.63) is 114 Å². The Morgan fingerprint density at radius 2 is 1.29 bits per heavy atom. The maximum atomic E-state index is 11.8. The summed E-state index contributed by atoms with van der Waals surface area (Å²) in [5.74, 6) is 3.82. The summed E-state index contributed by atoms with van der Waals surface area (Å²) in [6.07, 6.45) is 12.5. The van der Waals surface area contributed by atoms with Crippen molar-refractivity contribution in [1.82, 2.24) is 0 Å². The Hall–Kier alpha value is -1.87. The number of benzene rings is 3. The molecule has 0 heterocycles. The van der Waals surface area contributed by atoms with Gasteiger partial charge in [0.2, 0.25) is 0 Å². The van der Waals surface area contributed by atoms with Crippen LogP contribution in [-0.4, -0.2) is 4.21 Å². The number of hydrogen-bond acceptors (Lipinski definition) is 0. The van der Waals surface area contributed by atoms with Crippen molar-refractivity contribution >= 4 is 25.8 Å². The Bertz CT molecular complexity index is 1500. The van der Waals surface area contributed by atoms with E-state index in [2.05, 4.69) is 90.9 Å². The molecule has 0 spiro atoms. The summed E-state index contributed by atoms with van der Waals surface area (Å²) in [4.78, 5) is 0. The van der Waals surface area contributed by atoms with Crippen LogP contribution in [0.5, 0.6) is 0 Å². The van der Waals surface area contributed by atoms with E-state index < -0.39 is 11.7 Å². The van der Waals surface area contributed by atoms with Crippen LogP contribution in [0.3, 0.4) is 0 Å². The fourth-order valence-electron chi connectivity index (χ4n) is 8.48. The van der Waals surface area contributed by atoms with E-state index in [4.69, 9.17) is 0 Å². The van der Waals surface area contributed by atoms with Crippen molar-refractivity contribution in [3.8, 4) is 0 Å². The molecule has 4 fully saturated rings. The first kappa shape index (κ1) is 37.6. The van der Waals surface area contributed by atoms with E-state index in [0.717, 1.165) is 29.9 Å². The summed E-state index contributed by atoms with van der Waals surface area (Å²) < 4.78 is 38.7. The van der Waals surface area contributed by atoms with Gasteiger partial charge in [0.1, 0.15) is 0 Å². The summed E-state index contributed by atoms with van der Waals surface area (Å²) in [6, 6.07) is 26.2. The number of halogens is 5. The molecule has 4 bridgehead atoms. The van der Waals surface area contributed by atoms with Gasteiger partial charge >= 0.3 is 34.6 Å². The van der Waals surface area contributed by atoms with E-state index >= 15 is 0 Å². The number of hydrogen-bond donors (Lipinski definition) is 0. The van der Waals surface area contributed by atoms with Crippen LogP contribution in [0.4, 0.5) is 13.2 Å². The quantitative estimate of drug-likeness (QED) is 0.252. The molecule has 1 atom stereocenters. The molecule has 45 heavy (non-hydrogen) atoms. The SMILES string of the molecule is CC1=[C-]C(C)C=C1CC12CC3CC(CC(C3)C1)C2.FC(F)(F)c1cc[c-]cc1.[CH2]=[Zr+2].[Cl-].[Cl-].c1ccc2c(c1)[cH-]c1ccccc12. The van der Waals surface area contributed by atoms with E-state index in [1.54, 1.807) is 44.1 Å². The maximum absolute atomic E-state index is 11.8. The first-order valence-electron chi connectivity index (χ1n) is 15.4. The van der Waals surface area contributed by atoms with Gasteiger partial charge < -0.3 is 24.8 Å². The molecule has 0 nitrogen and oxygen atoms in total. The second kappa shape index (κ2) is 16.3. The smallest absolute Gasteiger partial charge is 0.0771 e. The van der Waals surface area contributed by atoms with Gasteiger partial charge in [-0.3, -0.25) is 6.08 Å². The summed E-state index contributed by atoms with van der Waals surface area (Å²) in [5.41, 5.74) is 3.17. The molecule has 4 saturated carbocycles. The van der Waals surface area contributed by atoms with Crippen LogP contribution >= 0.6 is 0 Å². The molecule has 238 valence electrons. The third kappa shape index (κ3) is 9.15. The molecule has 5 aliphatic carbocycles. The zero-order valence-corrected chi connectivity index (χ0v) is 29.9. The van der Waals surface area contributed by atoms with Gasteiger partial charge in [-0.25, -0.2) is 5.57 Å². The van der Waals surface area contributed by atoms with Gasteiger partial charge in [0.15, 0.2) is 0 Å². The Morgan fingerprint density at radius 3 is 1.69 bits per heavy atom. The normalized spacial score (nSPS) is 25.7. The average molecular weight is 728 g/mol. The molecule has 0 aliphatic heterocycles. The zero-order chi connectivity index (χ0) is 30.6. The summed E-state index contributed by atoms with van der Waals surface area (Å²) >= 11 is 1.30. The van der Waals surface area contributed by atoms with Gasteiger partial charge in [-0.1, -0.05) is 68.1 Å². The standard InChI is InChI=1S/C18H25.C13H9.C7H4F3.CH2.2ClH.Zr/c1-12-3-13(2)17(4-12)11-18-8-14-5-15(9-18)7-16(6-14)10-18;1-3-7-12-10(5-1)9-11-6-2-4-8-13(11)12;8-7(9,10)6-4-2-1-3-5-6;;;;/h4,12,14-16H,5-11H2,1-2H3;1-9H;2-5H;1H2;2*1H;/q3*-1;;;;+2/p-2. The first-order valence-corrected chi connectivity index (χ1v) is 17.1. The molecule has 9 rings (SSSR count). The van der Waals surface area contributed by atoms with Crippen LogP contribution < -0.4 is 24.8 Å². The molecule has 6 heteroatoms. The first-order chi connectivity index (χ1) is 20.7. The number of rotatable bonds is 2. The number of fused-ring (bicyclic) bond motifs is 3. The van der Waals surface area contributed by atoms with Crippen LogP contribution in [0.25, 0.3) is 21.5 Å². The van der Waals surface area contributed by atoms with Crippen LogP contribution in [0.2, 0.25) is 0 Å². The van der Waals surface area contributed by atoms with Crippen molar-refractivity contribution in [2.45, 2.75) is 65.0 Å². The molecular weight excluding hydrogens is 688 g/mol. The largest absolute Gasteiger partial charge is 1.00 e. The van der Waals surface area contributed by atoms with Crippen molar-refractivity contribution in [1.29, 1.82) is 0 Å². The van der Waals surface area contributed by atoms with Crippen molar-refractivity contribution < 1.29 is 62.2 Å². The van der Waals surface area contributed by atoms with E-state index in [1.807, 2.05) is 0 Å². The predicted molar refractivity (Wildman–Crippen MR) is 169 cm³/mol. The van der Waals surface area contributed by atoms with Gasteiger partial charge in [0.25, 0.3) is 0 Å². The van der Waals surface area contributed by atoms with E-state index in [1.165, 1.54) is 69.9 Å². The molecular formula is C39H40Cl2F3Zr-3. The molecule has 0 N–H and O–H groups in total. The second-order valence-electron chi connectivity index (χ2n) is 12.9. The van der Waals surface area contributed by atoms with Crippen molar-refractivity contribution in [2.24, 2.45) is 29.1 Å². The van der Waals surface area contributed by atoms with Crippen molar-refractivity contribution in [2.75, 3.05) is 0 Å². The average Bonchev–Trinajstić information content (AvgIpc) is 3.52. The fourth-order valence-corrected chi connectivity index (χ4v) is 8.48. The minimum atomic E-state index is -4.23. The fraction of sp³-hybridized carbons (Fsp3) is 0.385. The molecule has 0 radical (unpaired) electrons. The summed E-state index contributed by atoms with van der Waals surface area (Å²) in [7, 11) is 0. The molecule has 1 unspecified atom stereocenters. The summed E-state index contributed by atoms with van der Waals surface area (Å²) in [5, 5.41) is 5.39. The minimum absolute atomic E-state index is 0. The Morgan fingerprint density at radius 1 is 0.822 bits per heavy atom. The Kier molecular flexibility index (Phi) is 13.6. The monoisotopic (exact) mass is 725 g/mol. The van der Waals surface area contributed by atoms with Crippen molar-refractivity contribution in [3.63, 3.8) is 0 Å². The maximum Gasteiger partial charge on any atom is -0.0771 e. The van der Waals surface area contributed by atoms with E-state index in [9.17, 15) is 13.2 Å². The van der Waals surface area contributed by atoms with Crippen LogP contribution in [0.1, 0.15) is 64.4 Å². The third-order valence-electron chi connectivity index (χ3n) is 9.68.